The van der Waals surface area contributed by atoms with E-state index in [1.54, 1.807) is 0 Å². The number of rotatable bonds is 4. The van der Waals surface area contributed by atoms with Gasteiger partial charge in [-0.05, 0) is 0 Å². The van der Waals surface area contributed by atoms with Crippen LogP contribution in [0.1, 0.15) is 0 Å². The molecule has 84 valence electrons. The van der Waals surface area contributed by atoms with Gasteiger partial charge in [0.1, 0.15) is 12.2 Å². The molecule has 0 aliphatic rings. The van der Waals surface area contributed by atoms with Gasteiger partial charge in [-0.2, -0.15) is 0 Å². The number of aliphatic hydroxyl groups excluding tert-OH is 4. The molecule has 4 N–H and O–H groups in total. The van der Waals surface area contributed by atoms with Crippen molar-refractivity contribution in [3.8, 4) is 0 Å². The van der Waals surface area contributed by atoms with Gasteiger partial charge in [0.05, 0.1) is 25.2 Å². The van der Waals surface area contributed by atoms with Gasteiger partial charge in [0.15, 0.2) is 0 Å². The summed E-state index contributed by atoms with van der Waals surface area (Å²) in [5.41, 5.74) is 0. The Labute approximate surface area is 115 Å². The SMILES string of the molecule is O=C([O-])[C@H](O)CO.O=C([O-])[C@H](O)CO.[Ca+2]. The van der Waals surface area contributed by atoms with Crippen LogP contribution in [0.15, 0.2) is 0 Å². The molecule has 0 spiro atoms. The van der Waals surface area contributed by atoms with Crippen LogP contribution in [0.4, 0.5) is 0 Å². The molecule has 0 heterocycles. The first-order chi connectivity index (χ1) is 6.36. The monoisotopic (exact) mass is 250 g/mol. The molecule has 0 aliphatic heterocycles. The molecule has 15 heavy (non-hydrogen) atoms. The molecule has 0 aromatic carbocycles. The van der Waals surface area contributed by atoms with Gasteiger partial charge in [-0.1, -0.05) is 0 Å². The minimum Gasteiger partial charge on any atom is -0.547 e. The fraction of sp³-hybridized carbons (Fsp3) is 0.667. The molecule has 0 fully saturated rings. The normalized spacial score (nSPS) is 12.5. The summed E-state index contributed by atoms with van der Waals surface area (Å²) >= 11 is 0. The summed E-state index contributed by atoms with van der Waals surface area (Å²) in [6, 6.07) is 0. The number of carbonyl (C=O) groups excluding carboxylic acids is 2. The van der Waals surface area contributed by atoms with E-state index in [9.17, 15) is 19.8 Å². The predicted molar refractivity (Wildman–Crippen MR) is 42.0 cm³/mol. The summed E-state index contributed by atoms with van der Waals surface area (Å²) in [5, 5.41) is 50.5. The van der Waals surface area contributed by atoms with Crippen LogP contribution in [0.25, 0.3) is 0 Å². The van der Waals surface area contributed by atoms with Gasteiger partial charge >= 0.3 is 37.7 Å². The molecular formula is C6H10CaO8. The van der Waals surface area contributed by atoms with Gasteiger partial charge < -0.3 is 40.2 Å². The molecule has 0 saturated carbocycles. The third-order valence-corrected chi connectivity index (χ3v) is 0.890. The van der Waals surface area contributed by atoms with Crippen molar-refractivity contribution >= 4 is 49.7 Å². The summed E-state index contributed by atoms with van der Waals surface area (Å²) in [5.74, 6) is -3.30. The number of hydrogen-bond acceptors (Lipinski definition) is 8. The zero-order chi connectivity index (χ0) is 11.7. The summed E-state index contributed by atoms with van der Waals surface area (Å²) < 4.78 is 0. The van der Waals surface area contributed by atoms with E-state index in [1.807, 2.05) is 0 Å². The van der Waals surface area contributed by atoms with Crippen molar-refractivity contribution in [3.63, 3.8) is 0 Å². The Morgan fingerprint density at radius 1 is 0.933 bits per heavy atom. The van der Waals surface area contributed by atoms with Crippen molar-refractivity contribution in [2.45, 2.75) is 12.2 Å². The fourth-order valence-electron chi connectivity index (χ4n) is 0.149. The van der Waals surface area contributed by atoms with Gasteiger partial charge in [0.25, 0.3) is 0 Å². The van der Waals surface area contributed by atoms with Gasteiger partial charge in [-0.3, -0.25) is 0 Å². The van der Waals surface area contributed by atoms with Crippen molar-refractivity contribution < 1.29 is 40.2 Å². The molecular weight excluding hydrogens is 240 g/mol. The Morgan fingerprint density at radius 3 is 1.13 bits per heavy atom. The molecule has 8 nitrogen and oxygen atoms in total. The maximum absolute atomic E-state index is 9.41. The zero-order valence-electron chi connectivity index (χ0n) is 7.70. The van der Waals surface area contributed by atoms with Crippen molar-refractivity contribution in [2.24, 2.45) is 0 Å². The predicted octanol–water partition coefficient (Wildman–Crippen LogP) is -6.20. The van der Waals surface area contributed by atoms with E-state index in [0.29, 0.717) is 0 Å². The Kier molecular flexibility index (Phi) is 16.5. The van der Waals surface area contributed by atoms with E-state index in [1.165, 1.54) is 0 Å². The van der Waals surface area contributed by atoms with Crippen LogP contribution in [0.2, 0.25) is 0 Å². The summed E-state index contributed by atoms with van der Waals surface area (Å²) in [4.78, 5) is 18.8. The average Bonchev–Trinajstić information content (AvgIpc) is 2.15. The van der Waals surface area contributed by atoms with E-state index in [2.05, 4.69) is 0 Å². The zero-order valence-corrected chi connectivity index (χ0v) is 9.91. The molecule has 0 bridgehead atoms. The molecule has 0 aromatic heterocycles. The summed E-state index contributed by atoms with van der Waals surface area (Å²) in [6.07, 6.45) is -3.47. The maximum Gasteiger partial charge on any atom is 2.00 e. The Bertz CT molecular complexity index is 164. The number of carboxylic acid groups (broad SMARTS) is 2. The van der Waals surface area contributed by atoms with Crippen LogP contribution in [0.3, 0.4) is 0 Å². The second kappa shape index (κ2) is 12.1. The third kappa shape index (κ3) is 14.0. The number of carbonyl (C=O) groups is 2. The van der Waals surface area contributed by atoms with Crippen molar-refractivity contribution in [1.82, 2.24) is 0 Å². The molecule has 0 aliphatic carbocycles. The standard InChI is InChI=1S/2C3H6O4.Ca/c2*4-1-2(5)3(6)7;/h2*2,4-5H,1H2,(H,6,7);/q;;+2/p-2/t2*2-;/m11./s1. The largest absolute Gasteiger partial charge is 2.00 e. The Hall–Kier alpha value is 0.0397. The molecule has 0 amide bonds. The van der Waals surface area contributed by atoms with Crippen LogP contribution >= 0.6 is 0 Å². The van der Waals surface area contributed by atoms with Crippen LogP contribution in [0, 0.1) is 0 Å². The minimum absolute atomic E-state index is 0. The van der Waals surface area contributed by atoms with Gasteiger partial charge in [0, 0.05) is 0 Å². The Balaban J connectivity index is -0.000000180. The summed E-state index contributed by atoms with van der Waals surface area (Å²) in [6.45, 7) is -1.58. The molecule has 0 rings (SSSR count). The second-order valence-electron chi connectivity index (χ2n) is 2.03. The molecule has 0 radical (unpaired) electrons. The first-order valence-electron chi connectivity index (χ1n) is 3.36. The number of hydrogen-bond donors (Lipinski definition) is 4. The second-order valence-corrected chi connectivity index (χ2v) is 2.03. The quantitative estimate of drug-likeness (QED) is 0.358. The average molecular weight is 250 g/mol. The maximum atomic E-state index is 9.41. The van der Waals surface area contributed by atoms with Crippen LogP contribution in [0.5, 0.6) is 0 Å². The van der Waals surface area contributed by atoms with Gasteiger partial charge in [0.2, 0.25) is 0 Å². The minimum atomic E-state index is -1.74. The fourth-order valence-corrected chi connectivity index (χ4v) is 0.149. The number of aliphatic hydroxyl groups is 4. The van der Waals surface area contributed by atoms with Crippen molar-refractivity contribution in [2.75, 3.05) is 13.2 Å². The van der Waals surface area contributed by atoms with E-state index in [4.69, 9.17) is 20.4 Å². The molecule has 2 atom stereocenters. The first kappa shape index (κ1) is 20.5. The first-order valence-corrected chi connectivity index (χ1v) is 3.36. The van der Waals surface area contributed by atoms with Crippen LogP contribution in [-0.2, 0) is 9.59 Å². The number of aliphatic carboxylic acids is 2. The van der Waals surface area contributed by atoms with Crippen molar-refractivity contribution in [1.29, 1.82) is 0 Å². The van der Waals surface area contributed by atoms with E-state index in [0.717, 1.165) is 0 Å². The van der Waals surface area contributed by atoms with Crippen LogP contribution in [-0.4, -0.2) is 95.5 Å². The van der Waals surface area contributed by atoms with Crippen LogP contribution < -0.4 is 10.2 Å². The molecule has 9 heteroatoms. The smallest absolute Gasteiger partial charge is 0.547 e. The van der Waals surface area contributed by atoms with E-state index >= 15 is 0 Å². The van der Waals surface area contributed by atoms with E-state index < -0.39 is 37.4 Å². The van der Waals surface area contributed by atoms with Gasteiger partial charge in [-0.15, -0.1) is 0 Å². The van der Waals surface area contributed by atoms with Gasteiger partial charge in [-0.25, -0.2) is 0 Å². The van der Waals surface area contributed by atoms with Crippen molar-refractivity contribution in [3.05, 3.63) is 0 Å². The topological polar surface area (TPSA) is 161 Å². The molecule has 0 saturated heterocycles. The van der Waals surface area contributed by atoms with E-state index in [-0.39, 0.29) is 37.7 Å². The molecule has 0 unspecified atom stereocenters. The summed E-state index contributed by atoms with van der Waals surface area (Å²) in [7, 11) is 0. The Morgan fingerprint density at radius 2 is 1.13 bits per heavy atom. The third-order valence-electron chi connectivity index (χ3n) is 0.890. The molecule has 0 aromatic rings. The number of carboxylic acids is 2.